The third-order valence-electron chi connectivity index (χ3n) is 2.32. The van der Waals surface area contributed by atoms with Gasteiger partial charge in [0.15, 0.2) is 0 Å². The van der Waals surface area contributed by atoms with Gasteiger partial charge in [0.1, 0.15) is 5.03 Å². The molecule has 5 heteroatoms. The minimum atomic E-state index is 0.139. The minimum absolute atomic E-state index is 0.139. The molecule has 0 amide bonds. The van der Waals surface area contributed by atoms with E-state index in [0.29, 0.717) is 0 Å². The van der Waals surface area contributed by atoms with Crippen LogP contribution in [0.1, 0.15) is 12.5 Å². The molecule has 0 radical (unpaired) electrons. The molecule has 0 spiro atoms. The van der Waals surface area contributed by atoms with Gasteiger partial charge >= 0.3 is 0 Å². The fraction of sp³-hybridized carbons (Fsp3) is 0.231. The number of halogens is 1. The quantitative estimate of drug-likeness (QED) is 0.938. The number of hydrogen-bond donors (Lipinski definition) is 1. The Morgan fingerprint density at radius 1 is 1.39 bits per heavy atom. The third-order valence-corrected chi connectivity index (χ3v) is 3.85. The molecular weight excluding hydrogens is 310 g/mol. The van der Waals surface area contributed by atoms with Crippen molar-refractivity contribution >= 4 is 27.7 Å². The van der Waals surface area contributed by atoms with Gasteiger partial charge in [-0.2, -0.15) is 0 Å². The van der Waals surface area contributed by atoms with Gasteiger partial charge in [0.2, 0.25) is 0 Å². The van der Waals surface area contributed by atoms with Crippen molar-refractivity contribution in [1.29, 1.82) is 0 Å². The molecule has 1 unspecified atom stereocenters. The lowest BCUT2D eigenvalue weighted by Crippen LogP contribution is -2.18. The van der Waals surface area contributed by atoms with Gasteiger partial charge in [-0.15, -0.1) is 0 Å². The lowest BCUT2D eigenvalue weighted by Gasteiger charge is -2.11. The van der Waals surface area contributed by atoms with Crippen LogP contribution in [0, 0.1) is 0 Å². The van der Waals surface area contributed by atoms with Crippen molar-refractivity contribution in [2.75, 3.05) is 0 Å². The summed E-state index contributed by atoms with van der Waals surface area (Å²) in [5, 5.41) is 0.894. The highest BCUT2D eigenvalue weighted by molar-refractivity contribution is 9.10. The second kappa shape index (κ2) is 6.31. The lowest BCUT2D eigenvalue weighted by molar-refractivity contribution is 0.729. The van der Waals surface area contributed by atoms with Crippen molar-refractivity contribution in [1.82, 2.24) is 9.97 Å². The molecule has 18 heavy (non-hydrogen) atoms. The highest BCUT2D eigenvalue weighted by atomic mass is 79.9. The van der Waals surface area contributed by atoms with Crippen LogP contribution in [0.25, 0.3) is 0 Å². The van der Waals surface area contributed by atoms with E-state index in [-0.39, 0.29) is 6.04 Å². The van der Waals surface area contributed by atoms with Gasteiger partial charge in [0.05, 0.1) is 6.20 Å². The molecule has 0 saturated carbocycles. The summed E-state index contributed by atoms with van der Waals surface area (Å²) in [6, 6.07) is 6.37. The van der Waals surface area contributed by atoms with Crippen LogP contribution in [-0.4, -0.2) is 16.0 Å². The van der Waals surface area contributed by atoms with E-state index in [1.165, 1.54) is 10.5 Å². The first kappa shape index (κ1) is 13.5. The molecule has 2 aromatic rings. The molecule has 0 saturated heterocycles. The molecule has 1 heterocycles. The fourth-order valence-electron chi connectivity index (χ4n) is 1.60. The monoisotopic (exact) mass is 323 g/mol. The Labute approximate surface area is 119 Å². The van der Waals surface area contributed by atoms with Gasteiger partial charge in [-0.05, 0) is 37.1 Å². The van der Waals surface area contributed by atoms with Crippen LogP contribution in [0.4, 0.5) is 0 Å². The molecule has 0 aliphatic heterocycles. The van der Waals surface area contributed by atoms with Gasteiger partial charge < -0.3 is 5.73 Å². The minimum Gasteiger partial charge on any atom is -0.328 e. The SMILES string of the molecule is CC(N)Cc1cc(Br)ccc1Sc1cnccn1. The molecule has 3 nitrogen and oxygen atoms in total. The van der Waals surface area contributed by atoms with E-state index >= 15 is 0 Å². The Hall–Kier alpha value is -0.910. The van der Waals surface area contributed by atoms with Gasteiger partial charge in [-0.1, -0.05) is 27.7 Å². The average Bonchev–Trinajstić information content (AvgIpc) is 2.33. The zero-order valence-corrected chi connectivity index (χ0v) is 12.4. The number of nitrogens with two attached hydrogens (primary N) is 1. The Balaban J connectivity index is 2.26. The van der Waals surface area contributed by atoms with E-state index in [4.69, 9.17) is 5.73 Å². The first-order chi connectivity index (χ1) is 8.65. The van der Waals surface area contributed by atoms with Crippen LogP contribution < -0.4 is 5.73 Å². The van der Waals surface area contributed by atoms with Gasteiger partial charge in [-0.3, -0.25) is 4.98 Å². The molecule has 1 atom stereocenters. The van der Waals surface area contributed by atoms with E-state index in [1.54, 1.807) is 30.4 Å². The Kier molecular flexibility index (Phi) is 4.74. The van der Waals surface area contributed by atoms with Crippen LogP contribution >= 0.6 is 27.7 Å². The maximum Gasteiger partial charge on any atom is 0.119 e. The largest absolute Gasteiger partial charge is 0.328 e. The van der Waals surface area contributed by atoms with E-state index < -0.39 is 0 Å². The van der Waals surface area contributed by atoms with Crippen molar-refractivity contribution in [3.63, 3.8) is 0 Å². The summed E-state index contributed by atoms with van der Waals surface area (Å²) in [4.78, 5) is 9.52. The highest BCUT2D eigenvalue weighted by Gasteiger charge is 2.08. The molecule has 1 aromatic carbocycles. The second-order valence-electron chi connectivity index (χ2n) is 4.08. The third kappa shape index (κ3) is 3.80. The van der Waals surface area contributed by atoms with Crippen LogP contribution in [0.3, 0.4) is 0 Å². The first-order valence-corrected chi connectivity index (χ1v) is 7.24. The fourth-order valence-corrected chi connectivity index (χ4v) is 2.88. The molecular formula is C13H14BrN3S. The van der Waals surface area contributed by atoms with Crippen molar-refractivity contribution in [2.24, 2.45) is 5.73 Å². The summed E-state index contributed by atoms with van der Waals surface area (Å²) in [5.74, 6) is 0. The second-order valence-corrected chi connectivity index (χ2v) is 6.06. The van der Waals surface area contributed by atoms with Crippen molar-refractivity contribution in [3.8, 4) is 0 Å². The summed E-state index contributed by atoms with van der Waals surface area (Å²) >= 11 is 5.11. The van der Waals surface area contributed by atoms with Crippen LogP contribution in [0.5, 0.6) is 0 Å². The number of hydrogen-bond acceptors (Lipinski definition) is 4. The molecule has 2 rings (SSSR count). The number of nitrogens with zero attached hydrogens (tertiary/aromatic N) is 2. The predicted molar refractivity (Wildman–Crippen MR) is 77.7 cm³/mol. The summed E-state index contributed by atoms with van der Waals surface area (Å²) in [5.41, 5.74) is 7.12. The first-order valence-electron chi connectivity index (χ1n) is 5.63. The number of rotatable bonds is 4. The Morgan fingerprint density at radius 3 is 2.89 bits per heavy atom. The number of benzene rings is 1. The maximum absolute atomic E-state index is 5.88. The summed E-state index contributed by atoms with van der Waals surface area (Å²) in [6.45, 7) is 2.01. The lowest BCUT2D eigenvalue weighted by atomic mass is 10.1. The molecule has 0 aliphatic carbocycles. The van der Waals surface area contributed by atoms with E-state index in [1.807, 2.05) is 13.0 Å². The normalized spacial score (nSPS) is 12.4. The standard InChI is InChI=1S/C13H14BrN3S/c1-9(15)6-10-7-11(14)2-3-12(10)18-13-8-16-4-5-17-13/h2-5,7-9H,6,15H2,1H3. The molecule has 1 aromatic heterocycles. The van der Waals surface area contributed by atoms with Crippen LogP contribution in [-0.2, 0) is 6.42 Å². The van der Waals surface area contributed by atoms with Gasteiger partial charge in [0.25, 0.3) is 0 Å². The van der Waals surface area contributed by atoms with Crippen molar-refractivity contribution in [2.45, 2.75) is 29.3 Å². The van der Waals surface area contributed by atoms with Crippen molar-refractivity contribution in [3.05, 3.63) is 46.8 Å². The van der Waals surface area contributed by atoms with E-state index in [9.17, 15) is 0 Å². The summed E-state index contributed by atoms with van der Waals surface area (Å²) < 4.78 is 1.07. The average molecular weight is 324 g/mol. The molecule has 2 N–H and O–H groups in total. The van der Waals surface area contributed by atoms with Crippen molar-refractivity contribution < 1.29 is 0 Å². The molecule has 94 valence electrons. The maximum atomic E-state index is 5.88. The zero-order valence-electron chi connectivity index (χ0n) is 10.0. The number of aromatic nitrogens is 2. The predicted octanol–water partition coefficient (Wildman–Crippen LogP) is 3.28. The highest BCUT2D eigenvalue weighted by Crippen LogP contribution is 2.31. The topological polar surface area (TPSA) is 51.8 Å². The smallest absolute Gasteiger partial charge is 0.119 e. The zero-order chi connectivity index (χ0) is 13.0. The molecule has 0 fully saturated rings. The van der Waals surface area contributed by atoms with Gasteiger partial charge in [-0.25, -0.2) is 4.98 Å². The summed E-state index contributed by atoms with van der Waals surface area (Å²) in [6.07, 6.45) is 5.99. The van der Waals surface area contributed by atoms with Crippen LogP contribution in [0.15, 0.2) is 51.2 Å². The van der Waals surface area contributed by atoms with Gasteiger partial charge in [0, 0.05) is 27.8 Å². The van der Waals surface area contributed by atoms with Crippen LogP contribution in [0.2, 0.25) is 0 Å². The Morgan fingerprint density at radius 2 is 2.22 bits per heavy atom. The van der Waals surface area contributed by atoms with E-state index in [2.05, 4.69) is 38.0 Å². The Bertz CT molecular complexity index is 517. The summed E-state index contributed by atoms with van der Waals surface area (Å²) in [7, 11) is 0. The molecule has 0 bridgehead atoms. The van der Waals surface area contributed by atoms with E-state index in [0.717, 1.165) is 15.9 Å². The molecule has 0 aliphatic rings.